The first-order chi connectivity index (χ1) is 9.87. The van der Waals surface area contributed by atoms with E-state index < -0.39 is 5.97 Å². The number of methoxy groups -OCH3 is 2. The minimum Gasteiger partial charge on any atom is -0.496 e. The summed E-state index contributed by atoms with van der Waals surface area (Å²) in [5.74, 6) is 0.957. The second kappa shape index (κ2) is 8.24. The lowest BCUT2D eigenvalue weighted by Crippen LogP contribution is -2.32. The van der Waals surface area contributed by atoms with Crippen LogP contribution in [0.2, 0.25) is 0 Å². The summed E-state index contributed by atoms with van der Waals surface area (Å²) < 4.78 is 11.5. The number of nitrogens with zero attached hydrogens (tertiary/aromatic N) is 1. The lowest BCUT2D eigenvalue weighted by Gasteiger charge is -2.23. The third-order valence-electron chi connectivity index (χ3n) is 2.93. The van der Waals surface area contributed by atoms with E-state index in [-0.39, 0.29) is 6.54 Å². The van der Waals surface area contributed by atoms with Crippen LogP contribution < -0.4 is 9.47 Å². The maximum atomic E-state index is 11.0. The molecule has 6 heteroatoms. The largest absolute Gasteiger partial charge is 0.496 e. The number of carboxylic acids is 1. The average molecular weight is 360 g/mol. The van der Waals surface area contributed by atoms with Gasteiger partial charge in [-0.05, 0) is 34.0 Å². The van der Waals surface area contributed by atoms with Crippen molar-refractivity contribution < 1.29 is 19.4 Å². The van der Waals surface area contributed by atoms with Crippen LogP contribution in [-0.2, 0) is 11.3 Å². The molecule has 0 unspecified atom stereocenters. The molecule has 0 aliphatic carbocycles. The lowest BCUT2D eigenvalue weighted by molar-refractivity contribution is -0.138. The smallest absolute Gasteiger partial charge is 0.317 e. The Morgan fingerprint density at radius 1 is 1.29 bits per heavy atom. The Kier molecular flexibility index (Phi) is 6.98. The van der Waals surface area contributed by atoms with Gasteiger partial charge < -0.3 is 14.6 Å². The third-order valence-corrected chi connectivity index (χ3v) is 3.55. The molecule has 0 saturated carbocycles. The second-order valence-electron chi connectivity index (χ2n) is 5.26. The summed E-state index contributed by atoms with van der Waals surface area (Å²) in [6.07, 6.45) is 0. The van der Waals surface area contributed by atoms with Gasteiger partial charge in [0.05, 0.1) is 25.2 Å². The van der Waals surface area contributed by atoms with Crippen molar-refractivity contribution in [3.05, 3.63) is 22.2 Å². The molecule has 0 amide bonds. The molecule has 0 bridgehead atoms. The van der Waals surface area contributed by atoms with Gasteiger partial charge in [0.2, 0.25) is 0 Å². The van der Waals surface area contributed by atoms with Crippen LogP contribution in [0.1, 0.15) is 19.4 Å². The maximum absolute atomic E-state index is 11.0. The first-order valence-electron chi connectivity index (χ1n) is 6.71. The average Bonchev–Trinajstić information content (AvgIpc) is 2.38. The fourth-order valence-corrected chi connectivity index (χ4v) is 2.67. The minimum atomic E-state index is -0.835. The summed E-state index contributed by atoms with van der Waals surface area (Å²) in [7, 11) is 3.20. The Hall–Kier alpha value is -1.27. The van der Waals surface area contributed by atoms with Gasteiger partial charge in [0.25, 0.3) is 0 Å². The van der Waals surface area contributed by atoms with Crippen molar-refractivity contribution in [2.75, 3.05) is 27.3 Å². The summed E-state index contributed by atoms with van der Waals surface area (Å²) >= 11 is 3.42. The highest BCUT2D eigenvalue weighted by atomic mass is 79.9. The molecule has 0 saturated heterocycles. The van der Waals surface area contributed by atoms with Crippen LogP contribution in [0.5, 0.6) is 11.5 Å². The van der Waals surface area contributed by atoms with Gasteiger partial charge in [-0.2, -0.15) is 0 Å². The Labute approximate surface area is 134 Å². The van der Waals surface area contributed by atoms with Gasteiger partial charge in [0, 0.05) is 18.7 Å². The normalized spacial score (nSPS) is 11.0. The Balaban J connectivity index is 3.03. The highest BCUT2D eigenvalue weighted by Gasteiger charge is 2.16. The van der Waals surface area contributed by atoms with Gasteiger partial charge in [-0.25, -0.2) is 0 Å². The number of ether oxygens (including phenoxy) is 2. The molecule has 0 aromatic heterocycles. The first-order valence-corrected chi connectivity index (χ1v) is 7.51. The Morgan fingerprint density at radius 3 is 2.38 bits per heavy atom. The quantitative estimate of drug-likeness (QED) is 0.772. The second-order valence-corrected chi connectivity index (χ2v) is 6.11. The van der Waals surface area contributed by atoms with Gasteiger partial charge >= 0.3 is 5.97 Å². The van der Waals surface area contributed by atoms with Crippen molar-refractivity contribution in [2.45, 2.75) is 20.4 Å². The highest BCUT2D eigenvalue weighted by Crippen LogP contribution is 2.33. The topological polar surface area (TPSA) is 59.0 Å². The number of rotatable bonds is 8. The van der Waals surface area contributed by atoms with Crippen molar-refractivity contribution >= 4 is 21.9 Å². The zero-order valence-corrected chi connectivity index (χ0v) is 14.4. The fourth-order valence-electron chi connectivity index (χ4n) is 2.18. The Morgan fingerprint density at radius 2 is 1.90 bits per heavy atom. The van der Waals surface area contributed by atoms with E-state index in [1.165, 1.54) is 0 Å². The number of carbonyl (C=O) groups is 1. The molecule has 0 aliphatic heterocycles. The van der Waals surface area contributed by atoms with E-state index in [1.54, 1.807) is 14.2 Å². The minimum absolute atomic E-state index is 0.000284. The summed E-state index contributed by atoms with van der Waals surface area (Å²) in [5.41, 5.74) is 0.902. The maximum Gasteiger partial charge on any atom is 0.317 e. The molecule has 0 radical (unpaired) electrons. The van der Waals surface area contributed by atoms with Crippen LogP contribution in [-0.4, -0.2) is 43.3 Å². The highest BCUT2D eigenvalue weighted by molar-refractivity contribution is 9.10. The van der Waals surface area contributed by atoms with Crippen molar-refractivity contribution in [3.63, 3.8) is 0 Å². The summed E-state index contributed by atoms with van der Waals surface area (Å²) in [6.45, 7) is 5.33. The third kappa shape index (κ3) is 5.55. The summed E-state index contributed by atoms with van der Waals surface area (Å²) in [4.78, 5) is 12.9. The van der Waals surface area contributed by atoms with E-state index in [0.717, 1.165) is 10.0 Å². The van der Waals surface area contributed by atoms with Gasteiger partial charge in [-0.15, -0.1) is 0 Å². The van der Waals surface area contributed by atoms with Crippen LogP contribution >= 0.6 is 15.9 Å². The SMILES string of the molecule is COc1cc(CN(CC(=O)O)CC(C)C)c(OC)cc1Br. The molecule has 0 fully saturated rings. The van der Waals surface area contributed by atoms with Crippen molar-refractivity contribution in [1.82, 2.24) is 4.90 Å². The zero-order valence-electron chi connectivity index (χ0n) is 12.9. The number of aliphatic carboxylic acids is 1. The van der Waals surface area contributed by atoms with Crippen molar-refractivity contribution in [3.8, 4) is 11.5 Å². The molecule has 1 rings (SSSR count). The van der Waals surface area contributed by atoms with E-state index in [1.807, 2.05) is 17.0 Å². The summed E-state index contributed by atoms with van der Waals surface area (Å²) in [6, 6.07) is 3.71. The van der Waals surface area contributed by atoms with Crippen LogP contribution in [0.15, 0.2) is 16.6 Å². The first kappa shape index (κ1) is 17.8. The zero-order chi connectivity index (χ0) is 16.0. The molecular formula is C15H22BrNO4. The molecule has 0 aliphatic rings. The number of benzene rings is 1. The van der Waals surface area contributed by atoms with Crippen molar-refractivity contribution in [2.24, 2.45) is 5.92 Å². The molecule has 0 spiro atoms. The van der Waals surface area contributed by atoms with Crippen LogP contribution in [0.3, 0.4) is 0 Å². The lowest BCUT2D eigenvalue weighted by atomic mass is 10.1. The predicted molar refractivity (Wildman–Crippen MR) is 85.0 cm³/mol. The molecular weight excluding hydrogens is 338 g/mol. The molecule has 1 aromatic rings. The molecule has 0 atom stereocenters. The van der Waals surface area contributed by atoms with E-state index >= 15 is 0 Å². The van der Waals surface area contributed by atoms with E-state index in [9.17, 15) is 4.79 Å². The van der Waals surface area contributed by atoms with E-state index in [2.05, 4.69) is 29.8 Å². The van der Waals surface area contributed by atoms with Gasteiger partial charge in [-0.3, -0.25) is 9.69 Å². The molecule has 1 aromatic carbocycles. The number of hydrogen-bond acceptors (Lipinski definition) is 4. The molecule has 1 N–H and O–H groups in total. The predicted octanol–water partition coefficient (Wildman–Crippen LogP) is 3.01. The van der Waals surface area contributed by atoms with E-state index in [4.69, 9.17) is 14.6 Å². The molecule has 21 heavy (non-hydrogen) atoms. The molecule has 0 heterocycles. The standard InChI is InChI=1S/C15H22BrNO4/c1-10(2)7-17(9-15(18)19)8-11-5-14(21-4)12(16)6-13(11)20-3/h5-6,10H,7-9H2,1-4H3,(H,18,19). The molecule has 5 nitrogen and oxygen atoms in total. The number of carboxylic acid groups (broad SMARTS) is 1. The van der Waals surface area contributed by atoms with Crippen LogP contribution in [0, 0.1) is 5.92 Å². The van der Waals surface area contributed by atoms with Crippen LogP contribution in [0.25, 0.3) is 0 Å². The molecule has 118 valence electrons. The number of hydrogen-bond donors (Lipinski definition) is 1. The summed E-state index contributed by atoms with van der Waals surface area (Å²) in [5, 5.41) is 9.04. The van der Waals surface area contributed by atoms with Gasteiger partial charge in [-0.1, -0.05) is 13.8 Å². The van der Waals surface area contributed by atoms with Crippen LogP contribution in [0.4, 0.5) is 0 Å². The Bertz CT molecular complexity index is 491. The van der Waals surface area contributed by atoms with E-state index in [0.29, 0.717) is 30.5 Å². The monoisotopic (exact) mass is 359 g/mol. The van der Waals surface area contributed by atoms with Gasteiger partial charge in [0.15, 0.2) is 0 Å². The van der Waals surface area contributed by atoms with Crippen molar-refractivity contribution in [1.29, 1.82) is 0 Å². The van der Waals surface area contributed by atoms with Gasteiger partial charge in [0.1, 0.15) is 11.5 Å². The number of halogens is 1. The fraction of sp³-hybridized carbons (Fsp3) is 0.533.